The molecule has 3 N–H and O–H groups in total. The Balaban J connectivity index is 1.34. The molecular weight excluding hydrogens is 388 g/mol. The van der Waals surface area contributed by atoms with Gasteiger partial charge in [-0.05, 0) is 54.4 Å². The van der Waals surface area contributed by atoms with Crippen molar-refractivity contribution >= 4 is 28.3 Å². The molecule has 6 heteroatoms. The number of nitrogens with one attached hydrogen (secondary N) is 3. The van der Waals surface area contributed by atoms with Gasteiger partial charge in [0.05, 0.1) is 17.1 Å². The number of amides is 1. The zero-order chi connectivity index (χ0) is 21.6. The van der Waals surface area contributed by atoms with E-state index in [-0.39, 0.29) is 24.5 Å². The minimum Gasteiger partial charge on any atom is -0.484 e. The first-order chi connectivity index (χ1) is 15.1. The van der Waals surface area contributed by atoms with Crippen LogP contribution in [-0.2, 0) is 4.79 Å². The fourth-order valence-electron chi connectivity index (χ4n) is 3.36. The van der Waals surface area contributed by atoms with Crippen LogP contribution in [0.5, 0.6) is 5.75 Å². The number of anilines is 2. The van der Waals surface area contributed by atoms with Gasteiger partial charge < -0.3 is 20.4 Å². The van der Waals surface area contributed by atoms with Gasteiger partial charge in [0, 0.05) is 11.4 Å². The maximum atomic E-state index is 12.5. The van der Waals surface area contributed by atoms with Crippen molar-refractivity contribution in [2.75, 3.05) is 11.9 Å². The number of hydrogen-bond acceptors (Lipinski definition) is 4. The van der Waals surface area contributed by atoms with Crippen LogP contribution in [0.25, 0.3) is 11.0 Å². The molecule has 1 heterocycles. The molecule has 0 spiro atoms. The third kappa shape index (κ3) is 5.22. The molecule has 0 aliphatic rings. The highest BCUT2D eigenvalue weighted by Gasteiger charge is 2.22. The first-order valence-corrected chi connectivity index (χ1v) is 10.4. The highest BCUT2D eigenvalue weighted by Crippen LogP contribution is 2.23. The van der Waals surface area contributed by atoms with Crippen LogP contribution in [-0.4, -0.2) is 22.5 Å². The van der Waals surface area contributed by atoms with Crippen molar-refractivity contribution in [2.24, 2.45) is 5.92 Å². The summed E-state index contributed by atoms with van der Waals surface area (Å²) in [5.41, 5.74) is 3.81. The van der Waals surface area contributed by atoms with Crippen LogP contribution in [0, 0.1) is 5.92 Å². The van der Waals surface area contributed by atoms with E-state index >= 15 is 0 Å². The molecule has 1 atom stereocenters. The molecule has 0 radical (unpaired) electrons. The maximum absolute atomic E-state index is 12.5. The number of carbonyl (C=O) groups is 1. The summed E-state index contributed by atoms with van der Waals surface area (Å²) in [4.78, 5) is 20.5. The Kier molecular flexibility index (Phi) is 6.17. The molecule has 1 aromatic heterocycles. The minimum atomic E-state index is -0.221. The Morgan fingerprint density at radius 1 is 0.935 bits per heavy atom. The number of H-pyrrole nitrogens is 1. The minimum absolute atomic E-state index is 0.0606. The SMILES string of the molecule is CC(C)[C@H](NC(=O)COc1ccc(Nc2ccccc2)cc1)c1nc2ccccc2[nH]1. The molecule has 0 saturated heterocycles. The second kappa shape index (κ2) is 9.34. The average molecular weight is 415 g/mol. The van der Waals surface area contributed by atoms with Gasteiger partial charge in [0.2, 0.25) is 0 Å². The summed E-state index contributed by atoms with van der Waals surface area (Å²) in [6.45, 7) is 4.05. The van der Waals surface area contributed by atoms with E-state index in [0.29, 0.717) is 5.75 Å². The first-order valence-electron chi connectivity index (χ1n) is 10.4. The number of benzene rings is 3. The molecule has 4 aromatic rings. The second-order valence-corrected chi connectivity index (χ2v) is 7.73. The van der Waals surface area contributed by atoms with Crippen molar-refractivity contribution in [1.29, 1.82) is 0 Å². The third-order valence-electron chi connectivity index (χ3n) is 4.97. The van der Waals surface area contributed by atoms with Gasteiger partial charge >= 0.3 is 0 Å². The molecule has 0 aliphatic heterocycles. The first kappa shape index (κ1) is 20.5. The van der Waals surface area contributed by atoms with Crippen molar-refractivity contribution in [3.05, 3.63) is 84.7 Å². The normalized spacial score (nSPS) is 12.0. The summed E-state index contributed by atoms with van der Waals surface area (Å²) in [5, 5.41) is 6.36. The van der Waals surface area contributed by atoms with Gasteiger partial charge in [0.25, 0.3) is 5.91 Å². The Labute approximate surface area is 181 Å². The van der Waals surface area contributed by atoms with Gasteiger partial charge in [-0.3, -0.25) is 4.79 Å². The summed E-state index contributed by atoms with van der Waals surface area (Å²) in [6, 6.07) is 25.1. The van der Waals surface area contributed by atoms with Crippen molar-refractivity contribution in [3.63, 3.8) is 0 Å². The Morgan fingerprint density at radius 3 is 2.32 bits per heavy atom. The molecular formula is C25H26N4O2. The molecule has 0 unspecified atom stereocenters. The van der Waals surface area contributed by atoms with E-state index in [0.717, 1.165) is 28.2 Å². The van der Waals surface area contributed by atoms with Crippen LogP contribution in [0.3, 0.4) is 0 Å². The number of nitrogens with zero attached hydrogens (tertiary/aromatic N) is 1. The molecule has 158 valence electrons. The van der Waals surface area contributed by atoms with Gasteiger partial charge in [0.1, 0.15) is 11.6 Å². The quantitative estimate of drug-likeness (QED) is 0.370. The van der Waals surface area contributed by atoms with Gasteiger partial charge in [-0.2, -0.15) is 0 Å². The Bertz CT molecular complexity index is 1100. The van der Waals surface area contributed by atoms with Gasteiger partial charge in [-0.15, -0.1) is 0 Å². The molecule has 31 heavy (non-hydrogen) atoms. The maximum Gasteiger partial charge on any atom is 0.258 e. The second-order valence-electron chi connectivity index (χ2n) is 7.73. The zero-order valence-corrected chi connectivity index (χ0v) is 17.6. The number of carbonyl (C=O) groups excluding carboxylic acids is 1. The summed E-state index contributed by atoms with van der Waals surface area (Å²) >= 11 is 0. The van der Waals surface area contributed by atoms with Crippen LogP contribution in [0.15, 0.2) is 78.9 Å². The van der Waals surface area contributed by atoms with E-state index in [9.17, 15) is 4.79 Å². The average Bonchev–Trinajstić information content (AvgIpc) is 3.21. The van der Waals surface area contributed by atoms with Crippen LogP contribution in [0.2, 0.25) is 0 Å². The van der Waals surface area contributed by atoms with Crippen molar-refractivity contribution in [2.45, 2.75) is 19.9 Å². The molecule has 4 rings (SSSR count). The Hall–Kier alpha value is -3.80. The van der Waals surface area contributed by atoms with Crippen molar-refractivity contribution in [1.82, 2.24) is 15.3 Å². The van der Waals surface area contributed by atoms with Gasteiger partial charge in [0.15, 0.2) is 6.61 Å². The molecule has 0 aliphatic carbocycles. The topological polar surface area (TPSA) is 79.0 Å². The lowest BCUT2D eigenvalue weighted by Crippen LogP contribution is -2.35. The third-order valence-corrected chi connectivity index (χ3v) is 4.97. The predicted octanol–water partition coefficient (Wildman–Crippen LogP) is 5.20. The van der Waals surface area contributed by atoms with Gasteiger partial charge in [-0.1, -0.05) is 44.2 Å². The molecule has 3 aromatic carbocycles. The van der Waals surface area contributed by atoms with Crippen molar-refractivity contribution < 1.29 is 9.53 Å². The van der Waals surface area contributed by atoms with E-state index in [4.69, 9.17) is 4.74 Å². The predicted molar refractivity (Wildman–Crippen MR) is 123 cm³/mol. The van der Waals surface area contributed by atoms with E-state index in [1.807, 2.05) is 78.9 Å². The number of ether oxygens (including phenoxy) is 1. The van der Waals surface area contributed by atoms with Crippen LogP contribution >= 0.6 is 0 Å². The van der Waals surface area contributed by atoms with Crippen LogP contribution in [0.4, 0.5) is 11.4 Å². The number of aromatic nitrogens is 2. The fraction of sp³-hybridized carbons (Fsp3) is 0.200. The molecule has 0 fully saturated rings. The molecule has 6 nitrogen and oxygen atoms in total. The largest absolute Gasteiger partial charge is 0.484 e. The van der Waals surface area contributed by atoms with E-state index in [2.05, 4.69) is 34.4 Å². The fourth-order valence-corrected chi connectivity index (χ4v) is 3.36. The lowest BCUT2D eigenvalue weighted by Gasteiger charge is -2.20. The lowest BCUT2D eigenvalue weighted by atomic mass is 10.0. The number of aromatic amines is 1. The van der Waals surface area contributed by atoms with E-state index < -0.39 is 0 Å². The van der Waals surface area contributed by atoms with E-state index in [1.54, 1.807) is 0 Å². The number of hydrogen-bond donors (Lipinski definition) is 3. The standard InChI is InChI=1S/C25H26N4O2/c1-17(2)24(25-27-21-10-6-7-11-22(21)28-25)29-23(30)16-31-20-14-12-19(13-15-20)26-18-8-4-3-5-9-18/h3-15,17,24,26H,16H2,1-2H3,(H,27,28)(H,29,30)/t24-/m0/s1. The highest BCUT2D eigenvalue weighted by atomic mass is 16.5. The summed E-state index contributed by atoms with van der Waals surface area (Å²) in [5.74, 6) is 1.37. The molecule has 1 amide bonds. The van der Waals surface area contributed by atoms with E-state index in [1.165, 1.54) is 0 Å². The number of para-hydroxylation sites is 3. The Morgan fingerprint density at radius 2 is 1.61 bits per heavy atom. The number of rotatable bonds is 8. The van der Waals surface area contributed by atoms with Crippen LogP contribution in [0.1, 0.15) is 25.7 Å². The smallest absolute Gasteiger partial charge is 0.258 e. The van der Waals surface area contributed by atoms with Gasteiger partial charge in [-0.25, -0.2) is 4.98 Å². The highest BCUT2D eigenvalue weighted by molar-refractivity contribution is 5.79. The number of imidazole rings is 1. The summed E-state index contributed by atoms with van der Waals surface area (Å²) < 4.78 is 5.68. The summed E-state index contributed by atoms with van der Waals surface area (Å²) in [7, 11) is 0. The lowest BCUT2D eigenvalue weighted by molar-refractivity contribution is -0.124. The molecule has 0 saturated carbocycles. The van der Waals surface area contributed by atoms with Crippen LogP contribution < -0.4 is 15.4 Å². The monoisotopic (exact) mass is 414 g/mol. The number of fused-ring (bicyclic) bond motifs is 1. The summed E-state index contributed by atoms with van der Waals surface area (Å²) in [6.07, 6.45) is 0. The zero-order valence-electron chi connectivity index (χ0n) is 17.6. The molecule has 0 bridgehead atoms. The van der Waals surface area contributed by atoms with Crippen molar-refractivity contribution in [3.8, 4) is 5.75 Å².